The summed E-state index contributed by atoms with van der Waals surface area (Å²) in [6.07, 6.45) is -0.589. The number of rotatable bonds is 4. The number of epoxide rings is 1. The van der Waals surface area contributed by atoms with Gasteiger partial charge in [-0.25, -0.2) is 0 Å². The maximum Gasteiger partial charge on any atom is 0.303 e. The molecule has 9 heteroatoms. The molecule has 9 nitrogen and oxygen atoms in total. The Kier molecular flexibility index (Phi) is 6.44. The zero-order valence-electron chi connectivity index (χ0n) is 22.6. The molecule has 0 unspecified atom stereocenters. The Morgan fingerprint density at radius 2 is 1.50 bits per heavy atom. The fourth-order valence-electron chi connectivity index (χ4n) is 7.33. The van der Waals surface area contributed by atoms with Gasteiger partial charge in [0.2, 0.25) is 0 Å². The lowest BCUT2D eigenvalue weighted by Crippen LogP contribution is -2.43. The van der Waals surface area contributed by atoms with Gasteiger partial charge >= 0.3 is 17.9 Å². The second-order valence-electron chi connectivity index (χ2n) is 11.7. The summed E-state index contributed by atoms with van der Waals surface area (Å²) in [6, 6.07) is 0. The fraction of sp³-hybridized carbons (Fsp3) is 0.778. The van der Waals surface area contributed by atoms with Crippen molar-refractivity contribution < 1.29 is 42.9 Å². The van der Waals surface area contributed by atoms with Crippen LogP contribution in [0.3, 0.4) is 0 Å². The van der Waals surface area contributed by atoms with Gasteiger partial charge in [-0.2, -0.15) is 0 Å². The second kappa shape index (κ2) is 8.65. The van der Waals surface area contributed by atoms with Crippen LogP contribution in [0.1, 0.15) is 61.8 Å². The predicted molar refractivity (Wildman–Crippen MR) is 126 cm³/mol. The minimum Gasteiger partial charge on any atom is -0.461 e. The van der Waals surface area contributed by atoms with Crippen LogP contribution in [0.4, 0.5) is 0 Å². The van der Waals surface area contributed by atoms with Crippen molar-refractivity contribution in [2.75, 3.05) is 7.11 Å². The molecule has 4 aliphatic rings. The van der Waals surface area contributed by atoms with Crippen LogP contribution in [-0.2, 0) is 42.9 Å². The lowest BCUT2D eigenvalue weighted by atomic mass is 9.80. The Morgan fingerprint density at radius 3 is 2.03 bits per heavy atom. The molecule has 3 fully saturated rings. The molecule has 1 heterocycles. The highest BCUT2D eigenvalue weighted by Gasteiger charge is 2.84. The molecule has 0 spiro atoms. The number of hydrogen-bond donors (Lipinski definition) is 0. The molecule has 0 aromatic rings. The van der Waals surface area contributed by atoms with Gasteiger partial charge in [0.25, 0.3) is 0 Å². The molecule has 2 saturated carbocycles. The van der Waals surface area contributed by atoms with Crippen LogP contribution in [0.2, 0.25) is 0 Å². The largest absolute Gasteiger partial charge is 0.461 e. The SMILES string of the molecule is CO[C@H]1[C@H]2[C@@H]([C@@H](OC(C)=O)[C@@H](C)C(=O)[C@@]34C[C@H](C)[C@H](OC(C)=O)[C@]3(/C=C(\C)[C@H]1OC(C)=O)O4)C2(C)C. The quantitative estimate of drug-likeness (QED) is 0.245. The van der Waals surface area contributed by atoms with Crippen molar-refractivity contribution >= 4 is 23.7 Å². The van der Waals surface area contributed by atoms with Crippen LogP contribution in [-0.4, -0.2) is 66.4 Å². The maximum atomic E-state index is 14.2. The van der Waals surface area contributed by atoms with Gasteiger partial charge in [0.15, 0.2) is 17.0 Å². The highest BCUT2D eigenvalue weighted by molar-refractivity contribution is 5.96. The van der Waals surface area contributed by atoms with E-state index >= 15 is 0 Å². The highest BCUT2D eigenvalue weighted by Crippen LogP contribution is 2.68. The van der Waals surface area contributed by atoms with Crippen molar-refractivity contribution in [3.63, 3.8) is 0 Å². The molecule has 0 N–H and O–H groups in total. The van der Waals surface area contributed by atoms with Gasteiger partial charge in [-0.05, 0) is 36.3 Å². The molecule has 0 aromatic heterocycles. The molecule has 4 rings (SSSR count). The molecule has 200 valence electrons. The third kappa shape index (κ3) is 3.81. The van der Waals surface area contributed by atoms with E-state index in [4.69, 9.17) is 23.7 Å². The first-order valence-electron chi connectivity index (χ1n) is 12.6. The number of hydrogen-bond acceptors (Lipinski definition) is 9. The molecule has 1 saturated heterocycles. The first kappa shape index (κ1) is 26.8. The second-order valence-corrected chi connectivity index (χ2v) is 11.7. The van der Waals surface area contributed by atoms with Gasteiger partial charge in [0.05, 0.1) is 5.92 Å². The zero-order chi connectivity index (χ0) is 27.0. The number of carbonyl (C=O) groups excluding carboxylic acids is 4. The van der Waals surface area contributed by atoms with E-state index in [1.807, 2.05) is 27.7 Å². The first-order valence-corrected chi connectivity index (χ1v) is 12.6. The van der Waals surface area contributed by atoms with Crippen LogP contribution in [0.5, 0.6) is 0 Å². The van der Waals surface area contributed by atoms with Crippen LogP contribution in [0, 0.1) is 29.1 Å². The summed E-state index contributed by atoms with van der Waals surface area (Å²) in [6.45, 7) is 13.6. The minimum atomic E-state index is -1.23. The number of fused-ring (bicyclic) bond motifs is 1. The number of esters is 3. The number of methoxy groups -OCH3 is 1. The van der Waals surface area contributed by atoms with Crippen molar-refractivity contribution in [3.05, 3.63) is 11.6 Å². The summed E-state index contributed by atoms with van der Waals surface area (Å²) in [4.78, 5) is 50.5. The maximum absolute atomic E-state index is 14.2. The topological polar surface area (TPSA) is 118 Å². The Labute approximate surface area is 212 Å². The van der Waals surface area contributed by atoms with E-state index in [2.05, 4.69) is 0 Å². The molecule has 0 radical (unpaired) electrons. The van der Waals surface area contributed by atoms with Crippen molar-refractivity contribution in [2.24, 2.45) is 29.1 Å². The average Bonchev–Trinajstić information content (AvgIpc) is 3.54. The molecular formula is C27H38O9. The summed E-state index contributed by atoms with van der Waals surface area (Å²) >= 11 is 0. The summed E-state index contributed by atoms with van der Waals surface area (Å²) < 4.78 is 29.6. The smallest absolute Gasteiger partial charge is 0.303 e. The van der Waals surface area contributed by atoms with Gasteiger partial charge in [0.1, 0.15) is 24.4 Å². The zero-order valence-corrected chi connectivity index (χ0v) is 22.6. The molecule has 10 atom stereocenters. The van der Waals surface area contributed by atoms with Crippen LogP contribution in [0.25, 0.3) is 0 Å². The van der Waals surface area contributed by atoms with E-state index in [0.717, 1.165) is 0 Å². The standard InChI is InChI=1S/C27H38O9/c1-12-10-27-24(35-17(6)30)13(2)11-26(27,36-27)23(31)14(3)21(34-16(5)29)18-19(25(18,7)8)22(32-9)20(12)33-15(4)28/h10,13-14,18-22,24H,11H2,1-9H3/b12-10+/t13-,14+,18-,19+,20+,21-,22-,24-,26-,27-/m0/s1. The van der Waals surface area contributed by atoms with E-state index in [1.54, 1.807) is 20.1 Å². The molecule has 3 aliphatic carbocycles. The van der Waals surface area contributed by atoms with Crippen molar-refractivity contribution in [3.8, 4) is 0 Å². The lowest BCUT2D eigenvalue weighted by molar-refractivity contribution is -0.155. The monoisotopic (exact) mass is 506 g/mol. The van der Waals surface area contributed by atoms with E-state index in [-0.39, 0.29) is 29.0 Å². The van der Waals surface area contributed by atoms with E-state index in [0.29, 0.717) is 12.0 Å². The predicted octanol–water partition coefficient (Wildman–Crippen LogP) is 2.78. The normalized spacial score (nSPS) is 46.0. The van der Waals surface area contributed by atoms with Gasteiger partial charge in [-0.1, -0.05) is 27.7 Å². The number of Topliss-reactive ketones (excluding diaryl/α,β-unsaturated/α-hetero) is 1. The summed E-state index contributed by atoms with van der Waals surface area (Å²) in [5.41, 5.74) is -2.13. The number of ketones is 1. The number of carbonyl (C=O) groups is 4. The van der Waals surface area contributed by atoms with Crippen LogP contribution < -0.4 is 0 Å². The minimum absolute atomic E-state index is 0.150. The van der Waals surface area contributed by atoms with E-state index in [9.17, 15) is 19.2 Å². The molecule has 0 aromatic carbocycles. The molecule has 0 bridgehead atoms. The van der Waals surface area contributed by atoms with Crippen LogP contribution in [0.15, 0.2) is 11.6 Å². The van der Waals surface area contributed by atoms with Crippen LogP contribution >= 0.6 is 0 Å². The Hall–Kier alpha value is -2.26. The van der Waals surface area contributed by atoms with Crippen molar-refractivity contribution in [2.45, 2.75) is 97.4 Å². The Balaban J connectivity index is 1.91. The summed E-state index contributed by atoms with van der Waals surface area (Å²) in [7, 11) is 1.56. The summed E-state index contributed by atoms with van der Waals surface area (Å²) in [5.74, 6) is -2.80. The van der Waals surface area contributed by atoms with E-state index < -0.39 is 59.4 Å². The third-order valence-corrected chi connectivity index (χ3v) is 8.84. The molecular weight excluding hydrogens is 468 g/mol. The third-order valence-electron chi connectivity index (χ3n) is 8.84. The first-order chi connectivity index (χ1) is 16.6. The molecule has 1 aliphatic heterocycles. The molecule has 0 amide bonds. The summed E-state index contributed by atoms with van der Waals surface area (Å²) in [5, 5.41) is 0. The highest BCUT2D eigenvalue weighted by atomic mass is 16.7. The van der Waals surface area contributed by atoms with Gasteiger partial charge in [0, 0.05) is 39.7 Å². The average molecular weight is 507 g/mol. The Morgan fingerprint density at radius 1 is 0.944 bits per heavy atom. The van der Waals surface area contributed by atoms with Gasteiger partial charge in [-0.3, -0.25) is 19.2 Å². The number of ether oxygens (including phenoxy) is 5. The lowest BCUT2D eigenvalue weighted by Gasteiger charge is -2.30. The Bertz CT molecular complexity index is 1010. The van der Waals surface area contributed by atoms with Crippen molar-refractivity contribution in [1.29, 1.82) is 0 Å². The fourth-order valence-corrected chi connectivity index (χ4v) is 7.33. The molecule has 36 heavy (non-hydrogen) atoms. The van der Waals surface area contributed by atoms with Crippen molar-refractivity contribution in [1.82, 2.24) is 0 Å². The van der Waals surface area contributed by atoms with E-state index in [1.165, 1.54) is 20.8 Å². The van der Waals surface area contributed by atoms with Gasteiger partial charge < -0.3 is 23.7 Å². The van der Waals surface area contributed by atoms with Gasteiger partial charge in [-0.15, -0.1) is 0 Å².